The van der Waals surface area contributed by atoms with Crippen molar-refractivity contribution in [3.8, 4) is 0 Å². The number of anilines is 2. The van der Waals surface area contributed by atoms with Crippen LogP contribution in [0.1, 0.15) is 45.7 Å². The molecule has 38 heavy (non-hydrogen) atoms. The molecule has 0 bridgehead atoms. The number of hydrogen-bond donors (Lipinski definition) is 4. The number of methoxy groups -OCH3 is 2. The van der Waals surface area contributed by atoms with Crippen molar-refractivity contribution >= 4 is 46.7 Å². The molecule has 12 nitrogen and oxygen atoms in total. The Morgan fingerprint density at radius 2 is 1.03 bits per heavy atom. The van der Waals surface area contributed by atoms with Gasteiger partial charge in [0.15, 0.2) is 11.6 Å². The predicted molar refractivity (Wildman–Crippen MR) is 136 cm³/mol. The van der Waals surface area contributed by atoms with E-state index in [1.165, 1.54) is 50.6 Å². The van der Waals surface area contributed by atoms with Gasteiger partial charge in [0.05, 0.1) is 27.3 Å². The van der Waals surface area contributed by atoms with Crippen LogP contribution in [-0.4, -0.2) is 74.7 Å². The summed E-state index contributed by atoms with van der Waals surface area (Å²) < 4.78 is 9.18. The highest BCUT2D eigenvalue weighted by molar-refractivity contribution is 6.29. The lowest BCUT2D eigenvalue weighted by molar-refractivity contribution is -0.143. The van der Waals surface area contributed by atoms with Gasteiger partial charge in [-0.3, -0.25) is 39.4 Å². The molecule has 0 saturated heterocycles. The molecule has 0 aromatic heterocycles. The number of amides is 2. The average Bonchev–Trinajstić information content (AvgIpc) is 2.92. The van der Waals surface area contributed by atoms with Gasteiger partial charge in [-0.15, -0.1) is 0 Å². The molecular weight excluding hydrogens is 496 g/mol. The Balaban J connectivity index is 1.69. The highest BCUT2D eigenvalue weighted by atomic mass is 16.5. The van der Waals surface area contributed by atoms with Crippen LogP contribution in [0, 0.1) is 0 Å². The standard InChI is InChI=1S/C26H28N4O8/c1-13(25(35)37-3)27-11-21(31)29-15-5-7-17-19(9-15)23(33)18-8-6-16(10-20(18)24(17)34)30-22(32)12-28-14(2)26(36)38-4/h5-10,13-14,27-28H,11-12H2,1-4H3,(H,29,31)(H,30,32). The number of carbonyl (C=O) groups is 6. The second-order valence-corrected chi connectivity index (χ2v) is 8.53. The second kappa shape index (κ2) is 12.2. The molecular formula is C26H28N4O8. The number of esters is 2. The molecule has 0 radical (unpaired) electrons. The van der Waals surface area contributed by atoms with Crippen LogP contribution in [0.4, 0.5) is 11.4 Å². The van der Waals surface area contributed by atoms with Gasteiger partial charge in [-0.05, 0) is 50.2 Å². The maximum Gasteiger partial charge on any atom is 0.322 e. The average molecular weight is 525 g/mol. The summed E-state index contributed by atoms with van der Waals surface area (Å²) in [4.78, 5) is 73.7. The molecule has 2 amide bonds. The Morgan fingerprint density at radius 3 is 1.37 bits per heavy atom. The van der Waals surface area contributed by atoms with E-state index in [1.807, 2.05) is 0 Å². The van der Waals surface area contributed by atoms with Crippen molar-refractivity contribution in [2.75, 3.05) is 37.9 Å². The van der Waals surface area contributed by atoms with Gasteiger partial charge in [0.1, 0.15) is 12.1 Å². The molecule has 4 N–H and O–H groups in total. The second-order valence-electron chi connectivity index (χ2n) is 8.53. The third-order valence-corrected chi connectivity index (χ3v) is 5.83. The van der Waals surface area contributed by atoms with E-state index in [-0.39, 0.29) is 35.3 Å². The summed E-state index contributed by atoms with van der Waals surface area (Å²) >= 11 is 0. The quantitative estimate of drug-likeness (QED) is 0.276. The molecule has 0 heterocycles. The molecule has 2 aromatic rings. The highest BCUT2D eigenvalue weighted by Gasteiger charge is 2.30. The zero-order valence-electron chi connectivity index (χ0n) is 21.3. The van der Waals surface area contributed by atoms with Crippen LogP contribution < -0.4 is 21.3 Å². The van der Waals surface area contributed by atoms with Gasteiger partial charge in [-0.2, -0.15) is 0 Å². The molecule has 12 heteroatoms. The Labute approximate surface area is 218 Å². The summed E-state index contributed by atoms with van der Waals surface area (Å²) in [5.74, 6) is -2.74. The lowest BCUT2D eigenvalue weighted by Crippen LogP contribution is -2.39. The molecule has 2 atom stereocenters. The normalized spacial score (nSPS) is 13.5. The lowest BCUT2D eigenvalue weighted by atomic mass is 9.83. The fourth-order valence-electron chi connectivity index (χ4n) is 3.73. The van der Waals surface area contributed by atoms with Crippen molar-refractivity contribution in [2.45, 2.75) is 25.9 Å². The third kappa shape index (κ3) is 6.47. The minimum absolute atomic E-state index is 0.133. The molecule has 0 saturated carbocycles. The summed E-state index contributed by atoms with van der Waals surface area (Å²) in [5, 5.41) is 10.7. The number of benzene rings is 2. The zero-order valence-corrected chi connectivity index (χ0v) is 21.3. The largest absolute Gasteiger partial charge is 0.468 e. The molecule has 1 aliphatic carbocycles. The first-order valence-electron chi connectivity index (χ1n) is 11.6. The van der Waals surface area contributed by atoms with E-state index >= 15 is 0 Å². The number of hydrogen-bond acceptors (Lipinski definition) is 10. The van der Waals surface area contributed by atoms with Crippen molar-refractivity contribution in [1.82, 2.24) is 10.6 Å². The highest BCUT2D eigenvalue weighted by Crippen LogP contribution is 2.31. The van der Waals surface area contributed by atoms with Crippen molar-refractivity contribution in [3.05, 3.63) is 58.7 Å². The summed E-state index contributed by atoms with van der Waals surface area (Å²) in [6, 6.07) is 7.36. The Kier molecular flexibility index (Phi) is 9.05. The SMILES string of the molecule is COC(=O)C(C)NCC(=O)Nc1ccc2c(c1)C(=O)c1ccc(NC(=O)CNC(C)C(=O)OC)cc1C2=O. The van der Waals surface area contributed by atoms with Crippen molar-refractivity contribution in [3.63, 3.8) is 0 Å². The lowest BCUT2D eigenvalue weighted by Gasteiger charge is -2.19. The van der Waals surface area contributed by atoms with E-state index in [4.69, 9.17) is 0 Å². The van der Waals surface area contributed by atoms with Crippen molar-refractivity contribution in [1.29, 1.82) is 0 Å². The van der Waals surface area contributed by atoms with E-state index < -0.39 is 47.4 Å². The van der Waals surface area contributed by atoms with Crippen LogP contribution in [0.2, 0.25) is 0 Å². The molecule has 0 spiro atoms. The minimum atomic E-state index is -0.681. The van der Waals surface area contributed by atoms with Crippen LogP contribution >= 0.6 is 0 Å². The molecule has 0 fully saturated rings. The Bertz CT molecular complexity index is 1210. The van der Waals surface area contributed by atoms with Crippen LogP contribution in [0.15, 0.2) is 36.4 Å². The van der Waals surface area contributed by atoms with E-state index in [9.17, 15) is 28.8 Å². The molecule has 2 unspecified atom stereocenters. The Hall–Kier alpha value is -4.42. The number of rotatable bonds is 10. The summed E-state index contributed by atoms with van der Waals surface area (Å²) in [7, 11) is 2.49. The zero-order chi connectivity index (χ0) is 28.0. The van der Waals surface area contributed by atoms with E-state index in [1.54, 1.807) is 13.8 Å². The number of ether oxygens (including phenoxy) is 2. The first-order chi connectivity index (χ1) is 18.0. The number of ketones is 2. The van der Waals surface area contributed by atoms with Gasteiger partial charge >= 0.3 is 11.9 Å². The number of carbonyl (C=O) groups excluding carboxylic acids is 6. The molecule has 0 aliphatic heterocycles. The van der Waals surface area contributed by atoms with Gasteiger partial charge in [0, 0.05) is 33.6 Å². The van der Waals surface area contributed by atoms with Crippen LogP contribution in [-0.2, 0) is 28.7 Å². The Morgan fingerprint density at radius 1 is 0.658 bits per heavy atom. The van der Waals surface area contributed by atoms with Gasteiger partial charge in [0.25, 0.3) is 0 Å². The summed E-state index contributed by atoms with van der Waals surface area (Å²) in [6.45, 7) is 2.77. The molecule has 200 valence electrons. The number of nitrogens with one attached hydrogen (secondary N) is 4. The van der Waals surface area contributed by atoms with Gasteiger partial charge < -0.3 is 20.1 Å². The van der Waals surface area contributed by atoms with E-state index in [2.05, 4.69) is 30.7 Å². The minimum Gasteiger partial charge on any atom is -0.468 e. The third-order valence-electron chi connectivity index (χ3n) is 5.83. The predicted octanol–water partition coefficient (Wildman–Crippen LogP) is 0.641. The van der Waals surface area contributed by atoms with Crippen LogP contribution in [0.3, 0.4) is 0 Å². The van der Waals surface area contributed by atoms with Crippen LogP contribution in [0.25, 0.3) is 0 Å². The fourth-order valence-corrected chi connectivity index (χ4v) is 3.73. The molecule has 1 aliphatic rings. The summed E-state index contributed by atoms with van der Waals surface area (Å²) in [5.41, 5.74) is 1.21. The first kappa shape index (κ1) is 28.2. The number of fused-ring (bicyclic) bond motifs is 2. The monoisotopic (exact) mass is 524 g/mol. The van der Waals surface area contributed by atoms with Crippen molar-refractivity contribution in [2.24, 2.45) is 0 Å². The smallest absolute Gasteiger partial charge is 0.322 e. The first-order valence-corrected chi connectivity index (χ1v) is 11.6. The van der Waals surface area contributed by atoms with E-state index in [0.29, 0.717) is 11.4 Å². The van der Waals surface area contributed by atoms with Gasteiger partial charge in [-0.1, -0.05) is 0 Å². The fraction of sp³-hybridized carbons (Fsp3) is 0.308. The van der Waals surface area contributed by atoms with Crippen molar-refractivity contribution < 1.29 is 38.2 Å². The summed E-state index contributed by atoms with van der Waals surface area (Å²) in [6.07, 6.45) is 0. The maximum atomic E-state index is 13.1. The maximum absolute atomic E-state index is 13.1. The molecule has 3 rings (SSSR count). The van der Waals surface area contributed by atoms with Gasteiger partial charge in [-0.25, -0.2) is 0 Å². The van der Waals surface area contributed by atoms with Gasteiger partial charge in [0.2, 0.25) is 11.8 Å². The molecule has 2 aromatic carbocycles. The topological polar surface area (TPSA) is 169 Å². The van der Waals surface area contributed by atoms with Crippen LogP contribution in [0.5, 0.6) is 0 Å². The van der Waals surface area contributed by atoms with E-state index in [0.717, 1.165) is 0 Å².